The number of hydrogen-bond acceptors (Lipinski definition) is 7. The highest BCUT2D eigenvalue weighted by Gasteiger charge is 2.09. The van der Waals surface area contributed by atoms with Crippen LogP contribution in [0.2, 0.25) is 0 Å². The summed E-state index contributed by atoms with van der Waals surface area (Å²) in [5.74, 6) is 0.344. The van der Waals surface area contributed by atoms with E-state index in [1.165, 1.54) is 0 Å². The van der Waals surface area contributed by atoms with Crippen molar-refractivity contribution in [3.63, 3.8) is 0 Å². The topological polar surface area (TPSA) is 124 Å². The lowest BCUT2D eigenvalue weighted by atomic mass is 10.0. The van der Waals surface area contributed by atoms with Gasteiger partial charge in [0.15, 0.2) is 17.0 Å². The first kappa shape index (κ1) is 14.7. The third-order valence-electron chi connectivity index (χ3n) is 3.48. The number of benzene rings is 1. The van der Waals surface area contributed by atoms with Crippen LogP contribution in [0.5, 0.6) is 0 Å². The van der Waals surface area contributed by atoms with Crippen LogP contribution in [0.1, 0.15) is 16.8 Å². The van der Waals surface area contributed by atoms with Crippen molar-refractivity contribution in [3.8, 4) is 0 Å². The Hall–Kier alpha value is -3.22. The smallest absolute Gasteiger partial charge is 0.224 e. The molecular formula is C16H16N6O. The number of aryl methyl sites for hydroxylation is 2. The molecule has 1 aromatic carbocycles. The number of nitrogens with zero attached hydrogens (tertiary/aromatic N) is 4. The number of nitrogen functional groups attached to an aromatic ring is 2. The van der Waals surface area contributed by atoms with Crippen molar-refractivity contribution in [3.05, 3.63) is 53.9 Å². The molecule has 0 fully saturated rings. The first-order chi connectivity index (χ1) is 11.0. The van der Waals surface area contributed by atoms with Gasteiger partial charge < -0.3 is 16.6 Å². The Kier molecular flexibility index (Phi) is 3.76. The molecule has 0 aliphatic rings. The van der Waals surface area contributed by atoms with E-state index in [1.54, 1.807) is 6.20 Å². The molecule has 2 aromatic heterocycles. The van der Waals surface area contributed by atoms with Crippen molar-refractivity contribution in [1.29, 1.82) is 0 Å². The second kappa shape index (κ2) is 5.88. The van der Waals surface area contributed by atoms with Gasteiger partial charge in [0, 0.05) is 5.56 Å². The standard InChI is InChI=1S/C16H16N6O/c1-9(23)12-5-3-2-4-10(12)6-7-11-8-19-15-13(20-11)14(17)21-16(18)22-15/h2-5,8,23H,1,6-7H2,(H4,17,18,19,21,22). The summed E-state index contributed by atoms with van der Waals surface area (Å²) in [5.41, 5.74) is 14.7. The third-order valence-corrected chi connectivity index (χ3v) is 3.48. The fourth-order valence-corrected chi connectivity index (χ4v) is 2.39. The van der Waals surface area contributed by atoms with Crippen LogP contribution in [0.4, 0.5) is 11.8 Å². The number of aliphatic hydroxyl groups excluding tert-OH is 1. The van der Waals surface area contributed by atoms with E-state index >= 15 is 0 Å². The van der Waals surface area contributed by atoms with Gasteiger partial charge in [0.25, 0.3) is 0 Å². The Bertz CT molecular complexity index is 893. The number of aliphatic hydroxyl groups is 1. The lowest BCUT2D eigenvalue weighted by Gasteiger charge is -2.08. The highest BCUT2D eigenvalue weighted by atomic mass is 16.3. The van der Waals surface area contributed by atoms with Crippen molar-refractivity contribution < 1.29 is 5.11 Å². The van der Waals surface area contributed by atoms with E-state index < -0.39 is 0 Å². The highest BCUT2D eigenvalue weighted by Crippen LogP contribution is 2.19. The Balaban J connectivity index is 1.87. The van der Waals surface area contributed by atoms with E-state index in [2.05, 4.69) is 26.5 Å². The van der Waals surface area contributed by atoms with Crippen molar-refractivity contribution >= 4 is 28.7 Å². The molecule has 0 saturated heterocycles. The molecule has 7 heteroatoms. The molecule has 0 saturated carbocycles. The van der Waals surface area contributed by atoms with E-state index in [9.17, 15) is 5.11 Å². The van der Waals surface area contributed by atoms with E-state index in [-0.39, 0.29) is 17.5 Å². The number of anilines is 2. The Labute approximate surface area is 132 Å². The van der Waals surface area contributed by atoms with Gasteiger partial charge in [-0.3, -0.25) is 0 Å². The van der Waals surface area contributed by atoms with Crippen LogP contribution >= 0.6 is 0 Å². The summed E-state index contributed by atoms with van der Waals surface area (Å²) in [6, 6.07) is 7.56. The normalized spacial score (nSPS) is 10.8. The molecule has 0 amide bonds. The molecular weight excluding hydrogens is 292 g/mol. The van der Waals surface area contributed by atoms with Crippen LogP contribution < -0.4 is 11.5 Å². The van der Waals surface area contributed by atoms with Gasteiger partial charge >= 0.3 is 0 Å². The van der Waals surface area contributed by atoms with Crippen molar-refractivity contribution in [2.24, 2.45) is 0 Å². The Morgan fingerprint density at radius 2 is 1.87 bits per heavy atom. The van der Waals surface area contributed by atoms with Crippen molar-refractivity contribution in [2.45, 2.75) is 12.8 Å². The monoisotopic (exact) mass is 308 g/mol. The maximum absolute atomic E-state index is 9.64. The first-order valence-corrected chi connectivity index (χ1v) is 7.05. The largest absolute Gasteiger partial charge is 0.508 e. The number of nitrogens with two attached hydrogens (primary N) is 2. The van der Waals surface area contributed by atoms with Crippen molar-refractivity contribution in [2.75, 3.05) is 11.5 Å². The Morgan fingerprint density at radius 3 is 2.65 bits per heavy atom. The average Bonchev–Trinajstić information content (AvgIpc) is 2.53. The van der Waals surface area contributed by atoms with Gasteiger partial charge in [-0.25, -0.2) is 9.97 Å². The average molecular weight is 308 g/mol. The van der Waals surface area contributed by atoms with Crippen molar-refractivity contribution in [1.82, 2.24) is 19.9 Å². The highest BCUT2D eigenvalue weighted by molar-refractivity contribution is 5.81. The van der Waals surface area contributed by atoms with Gasteiger partial charge in [-0.2, -0.15) is 9.97 Å². The van der Waals surface area contributed by atoms with Gasteiger partial charge in [-0.05, 0) is 18.4 Å². The summed E-state index contributed by atoms with van der Waals surface area (Å²) in [6.45, 7) is 3.58. The van der Waals surface area contributed by atoms with Gasteiger partial charge in [-0.1, -0.05) is 30.8 Å². The lowest BCUT2D eigenvalue weighted by molar-refractivity contribution is 0.512. The third kappa shape index (κ3) is 3.03. The minimum Gasteiger partial charge on any atom is -0.508 e. The maximum Gasteiger partial charge on any atom is 0.224 e. The summed E-state index contributed by atoms with van der Waals surface area (Å²) in [5, 5.41) is 9.64. The number of fused-ring (bicyclic) bond motifs is 1. The molecule has 5 N–H and O–H groups in total. The molecule has 0 spiro atoms. The van der Waals surface area contributed by atoms with Gasteiger partial charge in [0.05, 0.1) is 11.9 Å². The molecule has 3 rings (SSSR count). The summed E-state index contributed by atoms with van der Waals surface area (Å²) in [7, 11) is 0. The fourth-order valence-electron chi connectivity index (χ4n) is 2.39. The van der Waals surface area contributed by atoms with Gasteiger partial charge in [-0.15, -0.1) is 0 Å². The zero-order valence-electron chi connectivity index (χ0n) is 12.4. The molecule has 0 bridgehead atoms. The molecule has 7 nitrogen and oxygen atoms in total. The second-order valence-electron chi connectivity index (χ2n) is 5.10. The summed E-state index contributed by atoms with van der Waals surface area (Å²) in [6.07, 6.45) is 2.97. The predicted octanol–water partition coefficient (Wildman–Crippen LogP) is 1.90. The maximum atomic E-state index is 9.64. The number of aromatic nitrogens is 4. The SMILES string of the molecule is C=C(O)c1ccccc1CCc1cnc2nc(N)nc(N)c2n1. The lowest BCUT2D eigenvalue weighted by Crippen LogP contribution is -2.05. The molecule has 0 unspecified atom stereocenters. The van der Waals surface area contributed by atoms with Gasteiger partial charge in [0.2, 0.25) is 5.95 Å². The molecule has 0 radical (unpaired) electrons. The summed E-state index contributed by atoms with van der Waals surface area (Å²) >= 11 is 0. The minimum absolute atomic E-state index is 0.0540. The number of hydrogen-bond donors (Lipinski definition) is 3. The van der Waals surface area contributed by atoms with Crippen LogP contribution in [-0.2, 0) is 12.8 Å². The number of rotatable bonds is 4. The molecule has 0 atom stereocenters. The fraction of sp³-hybridized carbons (Fsp3) is 0.125. The molecule has 116 valence electrons. The molecule has 0 aliphatic heterocycles. The van der Waals surface area contributed by atoms with Crippen LogP contribution in [0.15, 0.2) is 37.0 Å². The molecule has 2 heterocycles. The predicted molar refractivity (Wildman–Crippen MR) is 89.5 cm³/mol. The molecule has 23 heavy (non-hydrogen) atoms. The van der Waals surface area contributed by atoms with E-state index in [0.29, 0.717) is 24.0 Å². The summed E-state index contributed by atoms with van der Waals surface area (Å²) < 4.78 is 0. The van der Waals surface area contributed by atoms with Gasteiger partial charge in [0.1, 0.15) is 5.76 Å². The quantitative estimate of drug-likeness (QED) is 0.629. The first-order valence-electron chi connectivity index (χ1n) is 7.05. The van der Waals surface area contributed by atoms with Crippen LogP contribution in [0.25, 0.3) is 16.9 Å². The van der Waals surface area contributed by atoms with Crippen LogP contribution in [0, 0.1) is 0 Å². The van der Waals surface area contributed by atoms with E-state index in [1.807, 2.05) is 24.3 Å². The molecule has 0 aliphatic carbocycles. The minimum atomic E-state index is 0.0540. The van der Waals surface area contributed by atoms with E-state index in [0.717, 1.165) is 16.8 Å². The zero-order chi connectivity index (χ0) is 16.4. The van der Waals surface area contributed by atoms with Crippen LogP contribution in [0.3, 0.4) is 0 Å². The molecule has 3 aromatic rings. The summed E-state index contributed by atoms with van der Waals surface area (Å²) in [4.78, 5) is 16.6. The Morgan fingerprint density at radius 1 is 1.09 bits per heavy atom. The second-order valence-corrected chi connectivity index (χ2v) is 5.10. The zero-order valence-corrected chi connectivity index (χ0v) is 12.4. The van der Waals surface area contributed by atoms with Crippen LogP contribution in [-0.4, -0.2) is 25.0 Å². The van der Waals surface area contributed by atoms with E-state index in [4.69, 9.17) is 11.5 Å².